The minimum atomic E-state index is 0.282. The molecule has 0 radical (unpaired) electrons. The molecule has 0 amide bonds. The number of nitrogens with zero attached hydrogens (tertiary/aromatic N) is 5. The van der Waals surface area contributed by atoms with E-state index in [2.05, 4.69) is 36.8 Å². The highest BCUT2D eigenvalue weighted by atomic mass is 16.6. The summed E-state index contributed by atoms with van der Waals surface area (Å²) in [6, 6.07) is 5.57. The number of hydrogen-bond donors (Lipinski definition) is 3. The van der Waals surface area contributed by atoms with Crippen molar-refractivity contribution in [2.45, 2.75) is 63.6 Å². The minimum absolute atomic E-state index is 0.282. The quantitative estimate of drug-likeness (QED) is 0.642. The van der Waals surface area contributed by atoms with E-state index in [0.29, 0.717) is 60.9 Å². The second kappa shape index (κ2) is 8.59. The summed E-state index contributed by atoms with van der Waals surface area (Å²) in [7, 11) is 0. The molecule has 2 bridgehead atoms. The molecule has 0 aromatic carbocycles. The van der Waals surface area contributed by atoms with E-state index in [1.165, 1.54) is 12.8 Å². The van der Waals surface area contributed by atoms with Crippen LogP contribution in [0.15, 0.2) is 6.07 Å². The Balaban J connectivity index is 1.35. The van der Waals surface area contributed by atoms with Crippen LogP contribution in [0.5, 0.6) is 11.6 Å². The van der Waals surface area contributed by atoms with Crippen molar-refractivity contribution in [2.24, 2.45) is 0 Å². The van der Waals surface area contributed by atoms with Gasteiger partial charge in [0.05, 0.1) is 6.07 Å². The van der Waals surface area contributed by atoms with Crippen LogP contribution >= 0.6 is 0 Å². The average Bonchev–Trinajstić information content (AvgIpc) is 3.29. The second-order valence-corrected chi connectivity index (χ2v) is 8.47. The number of nitriles is 1. The Bertz CT molecular complexity index is 971. The lowest BCUT2D eigenvalue weighted by molar-refractivity contribution is 0.164. The molecule has 2 saturated heterocycles. The van der Waals surface area contributed by atoms with Crippen LogP contribution < -0.4 is 20.1 Å². The van der Waals surface area contributed by atoms with Gasteiger partial charge in [0.25, 0.3) is 5.88 Å². The van der Waals surface area contributed by atoms with Crippen LogP contribution in [0.3, 0.4) is 0 Å². The maximum Gasteiger partial charge on any atom is 0.264 e. The first-order chi connectivity index (χ1) is 15.2. The van der Waals surface area contributed by atoms with Gasteiger partial charge in [-0.1, -0.05) is 0 Å². The van der Waals surface area contributed by atoms with Crippen LogP contribution in [0.2, 0.25) is 0 Å². The van der Waals surface area contributed by atoms with Gasteiger partial charge in [-0.05, 0) is 39.0 Å². The summed E-state index contributed by atoms with van der Waals surface area (Å²) < 4.78 is 11.6. The van der Waals surface area contributed by atoms with Crippen molar-refractivity contribution < 1.29 is 9.47 Å². The van der Waals surface area contributed by atoms with Gasteiger partial charge in [-0.25, -0.2) is 0 Å². The van der Waals surface area contributed by atoms with Crippen molar-refractivity contribution in [1.29, 1.82) is 5.26 Å². The van der Waals surface area contributed by atoms with Gasteiger partial charge in [0.1, 0.15) is 13.2 Å². The fraction of sp³-hybridized carbons (Fsp3) is 0.619. The second-order valence-electron chi connectivity index (χ2n) is 8.47. The standard InChI is InChI=1S/C21H28N8O2/c1-13-11-17(28-27-13)24-21-25-19(18-20(26-21)31-10-9-30-18)23-14-3-4-15-5-6-16(12-14)29(15)8-2-7-22/h11,14-16H,2-6,8-10,12H2,1H3,(H3,23,24,25,26,27,28)/t14-,15?,16+/m1/s1. The van der Waals surface area contributed by atoms with Crippen LogP contribution in [0.4, 0.5) is 17.6 Å². The zero-order chi connectivity index (χ0) is 21.2. The number of aryl methyl sites for hydroxylation is 1. The monoisotopic (exact) mass is 424 g/mol. The van der Waals surface area contributed by atoms with Crippen molar-refractivity contribution in [3.63, 3.8) is 0 Å². The zero-order valence-electron chi connectivity index (χ0n) is 17.7. The van der Waals surface area contributed by atoms with Crippen LogP contribution in [0.1, 0.15) is 44.2 Å². The molecule has 3 aliphatic rings. The Hall–Kier alpha value is -3.06. The molecule has 10 heteroatoms. The molecular formula is C21H28N8O2. The van der Waals surface area contributed by atoms with Gasteiger partial charge in [0.15, 0.2) is 11.6 Å². The number of nitrogens with one attached hydrogen (secondary N) is 3. The van der Waals surface area contributed by atoms with Gasteiger partial charge in [-0.3, -0.25) is 10.00 Å². The van der Waals surface area contributed by atoms with Crippen molar-refractivity contribution in [2.75, 3.05) is 30.4 Å². The Morgan fingerprint density at radius 3 is 2.87 bits per heavy atom. The first kappa shape index (κ1) is 19.9. The molecule has 0 saturated carbocycles. The van der Waals surface area contributed by atoms with E-state index in [-0.39, 0.29) is 6.04 Å². The fourth-order valence-electron chi connectivity index (χ4n) is 4.98. The van der Waals surface area contributed by atoms with E-state index >= 15 is 0 Å². The third-order valence-electron chi connectivity index (χ3n) is 6.35. The lowest BCUT2D eigenvalue weighted by atomic mass is 9.97. The van der Waals surface area contributed by atoms with Crippen molar-refractivity contribution in [3.05, 3.63) is 11.8 Å². The van der Waals surface area contributed by atoms with Crippen LogP contribution in [0, 0.1) is 18.3 Å². The van der Waals surface area contributed by atoms with Crippen LogP contribution in [0.25, 0.3) is 0 Å². The van der Waals surface area contributed by atoms with E-state index in [9.17, 15) is 0 Å². The highest BCUT2D eigenvalue weighted by molar-refractivity contribution is 5.62. The Morgan fingerprint density at radius 1 is 1.19 bits per heavy atom. The molecule has 1 unspecified atom stereocenters. The summed E-state index contributed by atoms with van der Waals surface area (Å²) in [6.07, 6.45) is 6.24. The molecule has 3 aliphatic heterocycles. The smallest absolute Gasteiger partial charge is 0.264 e. The number of hydrogen-bond acceptors (Lipinski definition) is 9. The molecule has 5 heterocycles. The van der Waals surface area contributed by atoms with Gasteiger partial charge in [-0.2, -0.15) is 20.3 Å². The van der Waals surface area contributed by atoms with Crippen molar-refractivity contribution in [3.8, 4) is 17.7 Å². The SMILES string of the molecule is Cc1cc(Nc2nc(N[C@@H]3CCC4CC[C@@H](C3)N4CCC#N)c3c(n2)OCCO3)n[nH]1. The molecule has 164 valence electrons. The number of fused-ring (bicyclic) bond motifs is 3. The molecule has 3 atom stereocenters. The van der Waals surface area contributed by atoms with Crippen molar-refractivity contribution in [1.82, 2.24) is 25.1 Å². The first-order valence-corrected chi connectivity index (χ1v) is 11.1. The van der Waals surface area contributed by atoms with E-state index in [4.69, 9.17) is 19.7 Å². The molecule has 0 aliphatic carbocycles. The fourth-order valence-corrected chi connectivity index (χ4v) is 4.98. The Morgan fingerprint density at radius 2 is 2.03 bits per heavy atom. The zero-order valence-corrected chi connectivity index (χ0v) is 17.7. The minimum Gasteiger partial charge on any atom is -0.482 e. The summed E-state index contributed by atoms with van der Waals surface area (Å²) in [5.41, 5.74) is 0.952. The van der Waals surface area contributed by atoms with E-state index in [1.54, 1.807) is 0 Å². The molecule has 3 N–H and O–H groups in total. The Labute approximate surface area is 181 Å². The topological polar surface area (TPSA) is 124 Å². The molecular weight excluding hydrogens is 396 g/mol. The third-order valence-corrected chi connectivity index (χ3v) is 6.35. The maximum atomic E-state index is 9.01. The predicted octanol–water partition coefficient (Wildman–Crippen LogP) is 2.73. The predicted molar refractivity (Wildman–Crippen MR) is 115 cm³/mol. The number of aromatic nitrogens is 4. The van der Waals surface area contributed by atoms with Gasteiger partial charge in [0.2, 0.25) is 11.7 Å². The van der Waals surface area contributed by atoms with Crippen LogP contribution in [-0.2, 0) is 0 Å². The highest BCUT2D eigenvalue weighted by Crippen LogP contribution is 2.39. The molecule has 2 aromatic heterocycles. The number of anilines is 3. The molecule has 2 fully saturated rings. The number of rotatable bonds is 6. The van der Waals surface area contributed by atoms with E-state index in [0.717, 1.165) is 31.5 Å². The van der Waals surface area contributed by atoms with Crippen molar-refractivity contribution >= 4 is 17.6 Å². The maximum absolute atomic E-state index is 9.01. The number of H-pyrrole nitrogens is 1. The van der Waals surface area contributed by atoms with Gasteiger partial charge >= 0.3 is 0 Å². The normalized spacial score (nSPS) is 25.0. The lowest BCUT2D eigenvalue weighted by Crippen LogP contribution is -2.36. The molecule has 5 rings (SSSR count). The van der Waals surface area contributed by atoms with E-state index < -0.39 is 0 Å². The lowest BCUT2D eigenvalue weighted by Gasteiger charge is -2.28. The summed E-state index contributed by atoms with van der Waals surface area (Å²) in [5, 5.41) is 22.9. The molecule has 31 heavy (non-hydrogen) atoms. The molecule has 2 aromatic rings. The summed E-state index contributed by atoms with van der Waals surface area (Å²) in [6.45, 7) is 3.75. The molecule has 0 spiro atoms. The molecule has 10 nitrogen and oxygen atoms in total. The summed E-state index contributed by atoms with van der Waals surface area (Å²) in [4.78, 5) is 11.7. The van der Waals surface area contributed by atoms with Crippen LogP contribution in [-0.4, -0.2) is 62.9 Å². The number of aromatic amines is 1. The number of ether oxygens (including phenoxy) is 2. The van der Waals surface area contributed by atoms with Gasteiger partial charge in [-0.15, -0.1) is 0 Å². The Kier molecular flexibility index (Phi) is 5.51. The summed E-state index contributed by atoms with van der Waals surface area (Å²) in [5.74, 6) is 2.75. The summed E-state index contributed by atoms with van der Waals surface area (Å²) >= 11 is 0. The first-order valence-electron chi connectivity index (χ1n) is 11.1. The average molecular weight is 425 g/mol. The van der Waals surface area contributed by atoms with Gasteiger partial charge < -0.3 is 20.1 Å². The van der Waals surface area contributed by atoms with Gasteiger partial charge in [0, 0.05) is 42.9 Å². The largest absolute Gasteiger partial charge is 0.482 e. The highest BCUT2D eigenvalue weighted by Gasteiger charge is 2.38. The third kappa shape index (κ3) is 4.23. The van der Waals surface area contributed by atoms with E-state index in [1.807, 2.05) is 13.0 Å².